The van der Waals surface area contributed by atoms with Crippen LogP contribution in [0, 0.1) is 0 Å². The van der Waals surface area contributed by atoms with Gasteiger partial charge in [-0.25, -0.2) is 4.98 Å². The third kappa shape index (κ3) is 7.73. The van der Waals surface area contributed by atoms with Crippen LogP contribution in [-0.4, -0.2) is 51.0 Å². The van der Waals surface area contributed by atoms with E-state index in [1.54, 1.807) is 47.2 Å². The van der Waals surface area contributed by atoms with Gasteiger partial charge in [0, 0.05) is 36.6 Å². The quantitative estimate of drug-likeness (QED) is 0.207. The number of anilines is 2. The van der Waals surface area contributed by atoms with Crippen molar-refractivity contribution in [2.75, 3.05) is 30.3 Å². The first-order valence-electron chi connectivity index (χ1n) is 12.9. The molecule has 2 aromatic carbocycles. The van der Waals surface area contributed by atoms with E-state index >= 15 is 0 Å². The number of nitrogens with zero attached hydrogens (tertiary/aromatic N) is 3. The molecule has 0 aliphatic heterocycles. The number of pyridine rings is 2. The maximum atomic E-state index is 13.1. The molecule has 0 unspecified atom stereocenters. The summed E-state index contributed by atoms with van der Waals surface area (Å²) in [5.74, 6) is -1.11. The van der Waals surface area contributed by atoms with Gasteiger partial charge in [-0.1, -0.05) is 43.6 Å². The fourth-order valence-corrected chi connectivity index (χ4v) is 4.31. The number of phenolic OH excluding ortho intramolecular Hbond substituents is 1. The van der Waals surface area contributed by atoms with Crippen LogP contribution in [0.25, 0.3) is 11.1 Å². The highest BCUT2D eigenvalue weighted by Crippen LogP contribution is 2.29. The van der Waals surface area contributed by atoms with Crippen molar-refractivity contribution in [2.45, 2.75) is 20.4 Å². The van der Waals surface area contributed by atoms with E-state index in [2.05, 4.69) is 34.4 Å². The van der Waals surface area contributed by atoms with E-state index in [1.165, 1.54) is 30.5 Å². The van der Waals surface area contributed by atoms with Gasteiger partial charge in [-0.15, -0.1) is 12.4 Å². The Bertz CT molecular complexity index is 1550. The third-order valence-electron chi connectivity index (χ3n) is 6.52. The number of para-hydroxylation sites is 1. The number of amides is 2. The highest BCUT2D eigenvalue weighted by Gasteiger charge is 2.19. The van der Waals surface area contributed by atoms with Crippen molar-refractivity contribution >= 4 is 47.3 Å². The molecule has 2 aromatic heterocycles. The van der Waals surface area contributed by atoms with Crippen molar-refractivity contribution in [3.63, 3.8) is 0 Å². The molecule has 0 bridgehead atoms. The number of aromatic nitrogens is 2. The summed E-state index contributed by atoms with van der Waals surface area (Å²) in [5, 5.41) is 16.1. The number of carbonyl (C=O) groups is 2. The first kappa shape index (κ1) is 31.3. The zero-order valence-corrected chi connectivity index (χ0v) is 24.2. The van der Waals surface area contributed by atoms with Crippen molar-refractivity contribution in [1.82, 2.24) is 14.5 Å². The van der Waals surface area contributed by atoms with E-state index in [0.717, 1.165) is 19.6 Å². The molecule has 0 saturated heterocycles. The minimum atomic E-state index is -0.572. The zero-order valence-electron chi connectivity index (χ0n) is 22.6. The molecule has 0 saturated carbocycles. The molecule has 2 amide bonds. The number of halogens is 2. The second-order valence-corrected chi connectivity index (χ2v) is 9.43. The van der Waals surface area contributed by atoms with Crippen LogP contribution in [0.4, 0.5) is 11.5 Å². The molecular formula is C30H31Cl2N5O4. The van der Waals surface area contributed by atoms with E-state index in [-0.39, 0.29) is 46.3 Å². The molecular weight excluding hydrogens is 565 g/mol. The number of carbonyl (C=O) groups excluding carboxylic acids is 2. The van der Waals surface area contributed by atoms with Crippen LogP contribution in [-0.2, 0) is 6.54 Å². The first-order valence-corrected chi connectivity index (χ1v) is 13.3. The molecule has 9 nitrogen and oxygen atoms in total. The maximum Gasteiger partial charge on any atom is 0.259 e. The van der Waals surface area contributed by atoms with Crippen molar-refractivity contribution < 1.29 is 14.7 Å². The van der Waals surface area contributed by atoms with Crippen molar-refractivity contribution in [1.29, 1.82) is 0 Å². The largest absolute Gasteiger partial charge is 0.506 e. The number of phenols is 1. The van der Waals surface area contributed by atoms with Gasteiger partial charge in [-0.2, -0.15) is 0 Å². The van der Waals surface area contributed by atoms with E-state index < -0.39 is 11.8 Å². The second-order valence-electron chi connectivity index (χ2n) is 8.99. The fraction of sp³-hybridized carbons (Fsp3) is 0.200. The van der Waals surface area contributed by atoms with Crippen LogP contribution in [0.15, 0.2) is 83.9 Å². The highest BCUT2D eigenvalue weighted by molar-refractivity contribution is 6.30. The number of rotatable bonds is 10. The van der Waals surface area contributed by atoms with Crippen LogP contribution in [0.2, 0.25) is 5.02 Å². The predicted octanol–water partition coefficient (Wildman–Crippen LogP) is 5.54. The summed E-state index contributed by atoms with van der Waals surface area (Å²) >= 11 is 5.85. The lowest BCUT2D eigenvalue weighted by Crippen LogP contribution is -2.31. The molecule has 41 heavy (non-hydrogen) atoms. The van der Waals surface area contributed by atoms with E-state index in [4.69, 9.17) is 11.6 Å². The minimum absolute atomic E-state index is 0. The monoisotopic (exact) mass is 595 g/mol. The van der Waals surface area contributed by atoms with Gasteiger partial charge in [-0.05, 0) is 67.2 Å². The molecule has 0 aliphatic rings. The smallest absolute Gasteiger partial charge is 0.259 e. The topological polar surface area (TPSA) is 117 Å². The lowest BCUT2D eigenvalue weighted by molar-refractivity contribution is 0.102. The Balaban J connectivity index is 0.00000462. The Kier molecular flexibility index (Phi) is 11.0. The van der Waals surface area contributed by atoms with Crippen LogP contribution >= 0.6 is 24.0 Å². The molecule has 0 fully saturated rings. The van der Waals surface area contributed by atoms with Gasteiger partial charge in [0.2, 0.25) is 0 Å². The standard InChI is InChI=1S/C30H30ClN5O4.ClH/c1-3-35(4-2)17-18-36-16-6-8-23(30(36)40)20-10-12-21(13-11-20)28(38)34-27-24(7-5-9-25(27)37)29(39)33-26-15-14-22(31)19-32-26;/h5-16,19,37H,3-4,17-18H2,1-2H3,(H,34,38)(H,32,33,39);1H. The summed E-state index contributed by atoms with van der Waals surface area (Å²) < 4.78 is 1.69. The van der Waals surface area contributed by atoms with Crippen LogP contribution in [0.3, 0.4) is 0 Å². The van der Waals surface area contributed by atoms with Crippen LogP contribution in [0.5, 0.6) is 5.75 Å². The Morgan fingerprint density at radius 3 is 2.34 bits per heavy atom. The summed E-state index contributed by atoms with van der Waals surface area (Å²) in [6, 6.07) is 17.6. The minimum Gasteiger partial charge on any atom is -0.506 e. The summed E-state index contributed by atoms with van der Waals surface area (Å²) in [7, 11) is 0. The Morgan fingerprint density at radius 2 is 1.68 bits per heavy atom. The van der Waals surface area contributed by atoms with E-state index in [0.29, 0.717) is 22.7 Å². The number of nitrogens with one attached hydrogen (secondary N) is 2. The lowest BCUT2D eigenvalue weighted by atomic mass is 10.0. The number of benzene rings is 2. The summed E-state index contributed by atoms with van der Waals surface area (Å²) in [5.41, 5.74) is 1.40. The van der Waals surface area contributed by atoms with Gasteiger partial charge >= 0.3 is 0 Å². The molecule has 0 atom stereocenters. The summed E-state index contributed by atoms with van der Waals surface area (Å²) in [6.45, 7) is 7.38. The van der Waals surface area contributed by atoms with Gasteiger partial charge in [0.1, 0.15) is 11.6 Å². The molecule has 0 aliphatic carbocycles. The molecule has 214 valence electrons. The summed E-state index contributed by atoms with van der Waals surface area (Å²) in [6.07, 6.45) is 3.17. The lowest BCUT2D eigenvalue weighted by Gasteiger charge is -2.18. The molecule has 3 N–H and O–H groups in total. The first-order chi connectivity index (χ1) is 19.3. The molecule has 4 aromatic rings. The average Bonchev–Trinajstić information content (AvgIpc) is 2.96. The molecule has 0 spiro atoms. The SMILES string of the molecule is CCN(CC)CCn1cccc(-c2ccc(C(=O)Nc3c(O)cccc3C(=O)Nc3ccc(Cl)cn3)cc2)c1=O.Cl. The third-order valence-corrected chi connectivity index (χ3v) is 6.75. The van der Waals surface area contributed by atoms with Gasteiger partial charge in [0.05, 0.1) is 16.3 Å². The van der Waals surface area contributed by atoms with Crippen LogP contribution < -0.4 is 16.2 Å². The molecule has 4 rings (SSSR count). The van der Waals surface area contributed by atoms with E-state index in [9.17, 15) is 19.5 Å². The normalized spacial score (nSPS) is 10.6. The van der Waals surface area contributed by atoms with Crippen LogP contribution in [0.1, 0.15) is 34.6 Å². The van der Waals surface area contributed by atoms with Crippen molar-refractivity contribution in [3.8, 4) is 16.9 Å². The number of likely N-dealkylation sites (N-methyl/N-ethyl adjacent to an activating group) is 1. The Labute approximate surface area is 249 Å². The highest BCUT2D eigenvalue weighted by atomic mass is 35.5. The predicted molar refractivity (Wildman–Crippen MR) is 164 cm³/mol. The number of aromatic hydroxyl groups is 1. The molecule has 2 heterocycles. The van der Waals surface area contributed by atoms with Crippen molar-refractivity contribution in [2.24, 2.45) is 0 Å². The molecule has 11 heteroatoms. The number of hydrogen-bond acceptors (Lipinski definition) is 6. The average molecular weight is 597 g/mol. The van der Waals surface area contributed by atoms with Crippen molar-refractivity contribution in [3.05, 3.63) is 106 Å². The van der Waals surface area contributed by atoms with E-state index in [1.807, 2.05) is 6.07 Å². The fourth-order valence-electron chi connectivity index (χ4n) is 4.20. The Hall–Kier alpha value is -4.18. The zero-order chi connectivity index (χ0) is 28.6. The Morgan fingerprint density at radius 1 is 0.951 bits per heavy atom. The number of hydrogen-bond donors (Lipinski definition) is 3. The second kappa shape index (κ2) is 14.5. The molecule has 0 radical (unpaired) electrons. The summed E-state index contributed by atoms with van der Waals surface area (Å²) in [4.78, 5) is 45.3. The van der Waals surface area contributed by atoms with Gasteiger partial charge in [0.25, 0.3) is 17.4 Å². The van der Waals surface area contributed by atoms with Gasteiger partial charge in [0.15, 0.2) is 0 Å². The maximum absolute atomic E-state index is 13.1. The van der Waals surface area contributed by atoms with Gasteiger partial charge < -0.3 is 25.2 Å². The van der Waals surface area contributed by atoms with Gasteiger partial charge in [-0.3, -0.25) is 14.4 Å².